The molecule has 5 heteroatoms. The predicted molar refractivity (Wildman–Crippen MR) is 208 cm³/mol. The van der Waals surface area contributed by atoms with Crippen LogP contribution >= 0.6 is 11.3 Å². The van der Waals surface area contributed by atoms with Gasteiger partial charge in [-0.25, -0.2) is 15.0 Å². The molecule has 0 unspecified atom stereocenters. The van der Waals surface area contributed by atoms with Crippen molar-refractivity contribution in [3.05, 3.63) is 139 Å². The number of aromatic nitrogens is 3. The summed E-state index contributed by atoms with van der Waals surface area (Å²) in [7, 11) is 0. The fourth-order valence-corrected chi connectivity index (χ4v) is 9.19. The molecule has 6 aromatic carbocycles. The van der Waals surface area contributed by atoms with Gasteiger partial charge in [-0.2, -0.15) is 0 Å². The summed E-state index contributed by atoms with van der Waals surface area (Å²) >= 11 is 1.89. The van der Waals surface area contributed by atoms with E-state index in [9.17, 15) is 0 Å². The van der Waals surface area contributed by atoms with Gasteiger partial charge < -0.3 is 4.42 Å². The van der Waals surface area contributed by atoms with Crippen molar-refractivity contribution in [3.63, 3.8) is 0 Å². The van der Waals surface area contributed by atoms with Crippen molar-refractivity contribution in [2.24, 2.45) is 0 Å². The Kier molecular flexibility index (Phi) is 6.11. The summed E-state index contributed by atoms with van der Waals surface area (Å²) in [5, 5.41) is 4.80. The second-order valence-corrected chi connectivity index (χ2v) is 15.5. The normalized spacial score (nSPS) is 14.7. The minimum atomic E-state index is -0.192. The molecule has 0 spiro atoms. The summed E-state index contributed by atoms with van der Waals surface area (Å²) in [6, 6.07) is 44.7. The summed E-state index contributed by atoms with van der Waals surface area (Å²) < 4.78 is 8.94. The second kappa shape index (κ2) is 10.4. The highest BCUT2D eigenvalue weighted by molar-refractivity contribution is 7.25. The van der Waals surface area contributed by atoms with Crippen LogP contribution in [0.2, 0.25) is 0 Å². The molecule has 0 saturated heterocycles. The Labute approximate surface area is 294 Å². The van der Waals surface area contributed by atoms with Crippen LogP contribution in [-0.4, -0.2) is 15.0 Å². The molecule has 0 N–H and O–H groups in total. The topological polar surface area (TPSA) is 51.8 Å². The van der Waals surface area contributed by atoms with E-state index in [0.29, 0.717) is 17.5 Å². The number of fused-ring (bicyclic) bond motifs is 10. The van der Waals surface area contributed by atoms with Crippen molar-refractivity contribution < 1.29 is 4.42 Å². The first-order chi connectivity index (χ1) is 24.3. The van der Waals surface area contributed by atoms with Gasteiger partial charge in [-0.1, -0.05) is 125 Å². The van der Waals surface area contributed by atoms with Crippen molar-refractivity contribution in [1.29, 1.82) is 0 Å². The number of furan rings is 1. The molecule has 1 aliphatic rings. The number of hydrogen-bond donors (Lipinski definition) is 0. The van der Waals surface area contributed by atoms with Crippen molar-refractivity contribution in [1.82, 2.24) is 15.0 Å². The Hall–Kier alpha value is -5.65. The molecule has 0 aliphatic heterocycles. The highest BCUT2D eigenvalue weighted by atomic mass is 32.1. The standard InChI is InChI=1S/C45H33N3OS/c1-44(2)33-25-27(21-22-28(33)29-23-24-37-39(40(29)45(44,3)4)31-16-9-11-20-36(31)50-37)42-46-41(26-13-6-5-7-14-26)47-43(48-42)32-17-12-19-35-38(32)30-15-8-10-18-34(30)49-35/h5-25H,1-4H3. The van der Waals surface area contributed by atoms with Gasteiger partial charge in [0.1, 0.15) is 11.2 Å². The van der Waals surface area contributed by atoms with Gasteiger partial charge in [-0.3, -0.25) is 0 Å². The van der Waals surface area contributed by atoms with Crippen LogP contribution in [0.3, 0.4) is 0 Å². The summed E-state index contributed by atoms with van der Waals surface area (Å²) in [6.45, 7) is 9.62. The molecule has 240 valence electrons. The zero-order valence-corrected chi connectivity index (χ0v) is 29.1. The van der Waals surface area contributed by atoms with Crippen LogP contribution in [0.1, 0.15) is 38.8 Å². The Bertz CT molecular complexity index is 2820. The number of thiophene rings is 1. The van der Waals surface area contributed by atoms with Crippen LogP contribution in [0.25, 0.3) is 87.4 Å². The minimum absolute atomic E-state index is 0.158. The molecule has 0 atom stereocenters. The SMILES string of the molecule is CC1(C)c2cc(-c3nc(-c4ccccc4)nc(-c4cccc5oc6ccccc6c45)n3)ccc2-c2ccc3sc4ccccc4c3c2C1(C)C. The van der Waals surface area contributed by atoms with Gasteiger partial charge in [-0.05, 0) is 58.0 Å². The van der Waals surface area contributed by atoms with Gasteiger partial charge >= 0.3 is 0 Å². The maximum Gasteiger partial charge on any atom is 0.164 e. The van der Waals surface area contributed by atoms with Crippen molar-refractivity contribution >= 4 is 53.4 Å². The van der Waals surface area contributed by atoms with Crippen LogP contribution < -0.4 is 0 Å². The van der Waals surface area contributed by atoms with Crippen molar-refractivity contribution in [3.8, 4) is 45.3 Å². The smallest absolute Gasteiger partial charge is 0.164 e. The first-order valence-corrected chi connectivity index (χ1v) is 17.9. The molecular formula is C45H33N3OS. The molecule has 1 aliphatic carbocycles. The zero-order chi connectivity index (χ0) is 33.8. The van der Waals surface area contributed by atoms with E-state index in [1.54, 1.807) is 0 Å². The lowest BCUT2D eigenvalue weighted by atomic mass is 9.54. The summed E-state index contributed by atoms with van der Waals surface area (Å²) in [4.78, 5) is 15.4. The van der Waals surface area contributed by atoms with Gasteiger partial charge in [0.25, 0.3) is 0 Å². The van der Waals surface area contributed by atoms with Gasteiger partial charge in [-0.15, -0.1) is 11.3 Å². The van der Waals surface area contributed by atoms with Crippen LogP contribution in [0, 0.1) is 0 Å². The van der Waals surface area contributed by atoms with Gasteiger partial charge in [0, 0.05) is 53.1 Å². The van der Waals surface area contributed by atoms with Crippen LogP contribution in [0.4, 0.5) is 0 Å². The fourth-order valence-electron chi connectivity index (χ4n) is 8.08. The summed E-state index contributed by atoms with van der Waals surface area (Å²) in [5.74, 6) is 1.92. The molecule has 9 aromatic rings. The van der Waals surface area contributed by atoms with E-state index in [0.717, 1.165) is 38.6 Å². The third-order valence-electron chi connectivity index (χ3n) is 11.3. The van der Waals surface area contributed by atoms with Crippen LogP contribution in [-0.2, 0) is 10.8 Å². The lowest BCUT2D eigenvalue weighted by Gasteiger charge is -2.48. The Morgan fingerprint density at radius 1 is 0.480 bits per heavy atom. The van der Waals surface area contributed by atoms with Crippen molar-refractivity contribution in [2.45, 2.75) is 38.5 Å². The first kappa shape index (κ1) is 29.3. The maximum atomic E-state index is 6.25. The largest absolute Gasteiger partial charge is 0.456 e. The monoisotopic (exact) mass is 663 g/mol. The quantitative estimate of drug-likeness (QED) is 0.189. The van der Waals surface area contributed by atoms with Gasteiger partial charge in [0.15, 0.2) is 17.5 Å². The number of nitrogens with zero attached hydrogens (tertiary/aromatic N) is 3. The molecule has 0 fully saturated rings. The Morgan fingerprint density at radius 3 is 2.00 bits per heavy atom. The molecule has 3 aromatic heterocycles. The van der Waals surface area contributed by atoms with E-state index in [4.69, 9.17) is 19.4 Å². The fraction of sp³-hybridized carbons (Fsp3) is 0.133. The van der Waals surface area contributed by atoms with Gasteiger partial charge in [0.2, 0.25) is 0 Å². The molecule has 50 heavy (non-hydrogen) atoms. The highest BCUT2D eigenvalue weighted by Gasteiger charge is 2.47. The molecule has 3 heterocycles. The Balaban J connectivity index is 1.21. The average Bonchev–Trinajstić information content (AvgIpc) is 3.72. The molecule has 0 bridgehead atoms. The number of rotatable bonds is 3. The van der Waals surface area contributed by atoms with E-state index in [-0.39, 0.29) is 10.8 Å². The van der Waals surface area contributed by atoms with Gasteiger partial charge in [0.05, 0.1) is 0 Å². The van der Waals surface area contributed by atoms with Crippen LogP contribution in [0.15, 0.2) is 132 Å². The van der Waals surface area contributed by atoms with Crippen LogP contribution in [0.5, 0.6) is 0 Å². The van der Waals surface area contributed by atoms with Crippen molar-refractivity contribution in [2.75, 3.05) is 0 Å². The average molecular weight is 664 g/mol. The Morgan fingerprint density at radius 2 is 1.16 bits per heavy atom. The highest BCUT2D eigenvalue weighted by Crippen LogP contribution is 2.57. The predicted octanol–water partition coefficient (Wildman–Crippen LogP) is 12.4. The summed E-state index contributed by atoms with van der Waals surface area (Å²) in [5.41, 5.74) is 9.49. The molecule has 0 saturated carbocycles. The zero-order valence-electron chi connectivity index (χ0n) is 28.3. The lowest BCUT2D eigenvalue weighted by molar-refractivity contribution is 0.301. The first-order valence-electron chi connectivity index (χ1n) is 17.1. The van der Waals surface area contributed by atoms with E-state index in [2.05, 4.69) is 107 Å². The van der Waals surface area contributed by atoms with E-state index < -0.39 is 0 Å². The van der Waals surface area contributed by atoms with E-state index >= 15 is 0 Å². The number of para-hydroxylation sites is 1. The molecule has 0 radical (unpaired) electrons. The third kappa shape index (κ3) is 4.07. The second-order valence-electron chi connectivity index (χ2n) is 14.4. The number of hydrogen-bond acceptors (Lipinski definition) is 5. The summed E-state index contributed by atoms with van der Waals surface area (Å²) in [6.07, 6.45) is 0. The number of benzene rings is 6. The molecule has 10 rings (SSSR count). The maximum absolute atomic E-state index is 6.25. The molecule has 0 amide bonds. The third-order valence-corrected chi connectivity index (χ3v) is 12.4. The van der Waals surface area contributed by atoms with E-state index in [1.807, 2.05) is 59.9 Å². The minimum Gasteiger partial charge on any atom is -0.456 e. The molecule has 4 nitrogen and oxygen atoms in total. The lowest BCUT2D eigenvalue weighted by Crippen LogP contribution is -2.43. The van der Waals surface area contributed by atoms with E-state index in [1.165, 1.54) is 42.4 Å². The molecular weight excluding hydrogens is 631 g/mol.